The number of nitrogens with one attached hydrogen (secondary N) is 1. The minimum absolute atomic E-state index is 0.189. The van der Waals surface area contributed by atoms with Crippen LogP contribution in [-0.2, 0) is 4.79 Å². The fourth-order valence-electron chi connectivity index (χ4n) is 0.899. The van der Waals surface area contributed by atoms with Crippen molar-refractivity contribution >= 4 is 11.9 Å². The molecule has 1 amide bonds. The van der Waals surface area contributed by atoms with Crippen LogP contribution in [0.4, 0.5) is 0 Å². The largest absolute Gasteiger partial charge is 0.505 e. The Balaban J connectivity index is 2.78. The fraction of sp³-hybridized carbons (Fsp3) is 0.222. The van der Waals surface area contributed by atoms with E-state index in [4.69, 9.17) is 5.11 Å². The molecule has 1 rings (SSSR count). The molecule has 0 bridgehead atoms. The van der Waals surface area contributed by atoms with Gasteiger partial charge in [0.05, 0.1) is 0 Å². The number of pyridine rings is 1. The van der Waals surface area contributed by atoms with Crippen LogP contribution in [-0.4, -0.2) is 33.1 Å². The quantitative estimate of drug-likeness (QED) is 0.651. The first kappa shape index (κ1) is 11.0. The molecule has 1 atom stereocenters. The van der Waals surface area contributed by atoms with Crippen LogP contribution >= 0.6 is 0 Å². The third kappa shape index (κ3) is 2.67. The van der Waals surface area contributed by atoms with Gasteiger partial charge in [0, 0.05) is 6.20 Å². The number of aromatic nitrogens is 1. The molecule has 3 N–H and O–H groups in total. The first-order valence-corrected chi connectivity index (χ1v) is 4.20. The Morgan fingerprint density at radius 3 is 2.73 bits per heavy atom. The highest BCUT2D eigenvalue weighted by Gasteiger charge is 2.18. The van der Waals surface area contributed by atoms with E-state index in [0.717, 1.165) is 0 Å². The Morgan fingerprint density at radius 2 is 2.20 bits per heavy atom. The molecule has 15 heavy (non-hydrogen) atoms. The Labute approximate surface area is 85.6 Å². The number of carboxylic acid groups (broad SMARTS) is 1. The van der Waals surface area contributed by atoms with E-state index < -0.39 is 17.9 Å². The number of hydrogen-bond acceptors (Lipinski definition) is 4. The molecule has 1 aromatic heterocycles. The van der Waals surface area contributed by atoms with Crippen LogP contribution in [0.1, 0.15) is 17.4 Å². The molecule has 80 valence electrons. The van der Waals surface area contributed by atoms with Crippen LogP contribution in [0.25, 0.3) is 0 Å². The summed E-state index contributed by atoms with van der Waals surface area (Å²) in [5, 5.41) is 20.0. The third-order valence-corrected chi connectivity index (χ3v) is 1.72. The predicted octanol–water partition coefficient (Wildman–Crippen LogP) is -0.00990. The van der Waals surface area contributed by atoms with E-state index >= 15 is 0 Å². The van der Waals surface area contributed by atoms with Crippen molar-refractivity contribution in [3.8, 4) is 5.75 Å². The maximum atomic E-state index is 11.4. The van der Waals surface area contributed by atoms with Crippen molar-refractivity contribution in [2.75, 3.05) is 0 Å². The van der Waals surface area contributed by atoms with Crippen LogP contribution < -0.4 is 5.32 Å². The average molecular weight is 210 g/mol. The lowest BCUT2D eigenvalue weighted by Crippen LogP contribution is -2.38. The van der Waals surface area contributed by atoms with Crippen molar-refractivity contribution in [3.05, 3.63) is 24.0 Å². The minimum atomic E-state index is -1.15. The van der Waals surface area contributed by atoms with Gasteiger partial charge in [-0.1, -0.05) is 0 Å². The van der Waals surface area contributed by atoms with E-state index in [1.54, 1.807) is 0 Å². The normalized spacial score (nSPS) is 11.8. The summed E-state index contributed by atoms with van der Waals surface area (Å²) in [5.41, 5.74) is -0.189. The number of carbonyl (C=O) groups excluding carboxylic acids is 1. The van der Waals surface area contributed by atoms with E-state index in [-0.39, 0.29) is 11.4 Å². The zero-order valence-corrected chi connectivity index (χ0v) is 7.97. The first-order chi connectivity index (χ1) is 7.02. The van der Waals surface area contributed by atoms with Crippen molar-refractivity contribution < 1.29 is 19.8 Å². The molecule has 0 spiro atoms. The summed E-state index contributed by atoms with van der Waals surface area (Å²) in [4.78, 5) is 25.5. The van der Waals surface area contributed by atoms with E-state index in [1.165, 1.54) is 25.3 Å². The summed E-state index contributed by atoms with van der Waals surface area (Å²) in [6.07, 6.45) is 1.33. The van der Waals surface area contributed by atoms with E-state index in [9.17, 15) is 14.7 Å². The number of carbonyl (C=O) groups is 2. The van der Waals surface area contributed by atoms with Gasteiger partial charge < -0.3 is 15.5 Å². The highest BCUT2D eigenvalue weighted by atomic mass is 16.4. The molecular weight excluding hydrogens is 200 g/mol. The van der Waals surface area contributed by atoms with E-state index in [0.29, 0.717) is 0 Å². The average Bonchev–Trinajstić information content (AvgIpc) is 2.18. The highest BCUT2D eigenvalue weighted by molar-refractivity contribution is 5.96. The molecule has 0 saturated heterocycles. The number of aromatic hydroxyl groups is 1. The highest BCUT2D eigenvalue weighted by Crippen LogP contribution is 2.11. The number of hydrogen-bond donors (Lipinski definition) is 3. The van der Waals surface area contributed by atoms with Gasteiger partial charge in [-0.3, -0.25) is 9.59 Å². The minimum Gasteiger partial charge on any atom is -0.505 e. The molecule has 0 aliphatic carbocycles. The van der Waals surface area contributed by atoms with Crippen molar-refractivity contribution in [2.45, 2.75) is 13.0 Å². The molecule has 0 aromatic carbocycles. The maximum Gasteiger partial charge on any atom is 0.325 e. The van der Waals surface area contributed by atoms with E-state index in [2.05, 4.69) is 10.3 Å². The first-order valence-electron chi connectivity index (χ1n) is 4.20. The zero-order valence-electron chi connectivity index (χ0n) is 7.97. The maximum absolute atomic E-state index is 11.4. The lowest BCUT2D eigenvalue weighted by molar-refractivity contribution is -0.138. The smallest absolute Gasteiger partial charge is 0.325 e. The van der Waals surface area contributed by atoms with Gasteiger partial charge in [0.2, 0.25) is 0 Å². The van der Waals surface area contributed by atoms with Crippen molar-refractivity contribution in [3.63, 3.8) is 0 Å². The zero-order chi connectivity index (χ0) is 11.4. The molecule has 6 nitrogen and oxygen atoms in total. The lowest BCUT2D eigenvalue weighted by Gasteiger charge is -2.08. The Kier molecular flexibility index (Phi) is 3.22. The van der Waals surface area contributed by atoms with Gasteiger partial charge in [-0.05, 0) is 19.1 Å². The standard InChI is InChI=1S/C9H10N2O4/c1-5(9(14)15)11-8(13)7-6(12)3-2-4-10-7/h2-5,12H,1H3,(H,11,13)(H,14,15). The summed E-state index contributed by atoms with van der Waals surface area (Å²) in [6, 6.07) is 1.74. The van der Waals surface area contributed by atoms with Crippen molar-refractivity contribution in [1.82, 2.24) is 10.3 Å². The van der Waals surface area contributed by atoms with Crippen LogP contribution in [0.5, 0.6) is 5.75 Å². The molecule has 6 heteroatoms. The number of amides is 1. The summed E-state index contributed by atoms with van der Waals surface area (Å²) < 4.78 is 0. The Hall–Kier alpha value is -2.11. The van der Waals surface area contributed by atoms with Crippen molar-refractivity contribution in [1.29, 1.82) is 0 Å². The molecule has 1 unspecified atom stereocenters. The SMILES string of the molecule is CC(NC(=O)c1ncccc1O)C(=O)O. The van der Waals surface area contributed by atoms with Crippen LogP contribution in [0.2, 0.25) is 0 Å². The van der Waals surface area contributed by atoms with E-state index in [1.807, 2.05) is 0 Å². The molecule has 0 saturated carbocycles. The monoisotopic (exact) mass is 210 g/mol. The summed E-state index contributed by atoms with van der Waals surface area (Å²) in [6.45, 7) is 1.32. The Bertz CT molecular complexity index is 391. The molecular formula is C9H10N2O4. The molecule has 0 aliphatic heterocycles. The van der Waals surface area contributed by atoms with Gasteiger partial charge in [0.1, 0.15) is 11.8 Å². The predicted molar refractivity (Wildman–Crippen MR) is 50.5 cm³/mol. The van der Waals surface area contributed by atoms with Gasteiger partial charge in [-0.2, -0.15) is 0 Å². The molecule has 0 aliphatic rings. The second-order valence-corrected chi connectivity index (χ2v) is 2.90. The number of carboxylic acids is 1. The Morgan fingerprint density at radius 1 is 1.53 bits per heavy atom. The summed E-state index contributed by atoms with van der Waals surface area (Å²) in [7, 11) is 0. The molecule has 1 aromatic rings. The molecule has 0 fully saturated rings. The van der Waals surface area contributed by atoms with Gasteiger partial charge in [0.15, 0.2) is 5.69 Å². The molecule has 0 radical (unpaired) electrons. The number of nitrogens with zero attached hydrogens (tertiary/aromatic N) is 1. The van der Waals surface area contributed by atoms with Gasteiger partial charge in [-0.15, -0.1) is 0 Å². The van der Waals surface area contributed by atoms with Crippen LogP contribution in [0.3, 0.4) is 0 Å². The van der Waals surface area contributed by atoms with Crippen molar-refractivity contribution in [2.24, 2.45) is 0 Å². The topological polar surface area (TPSA) is 99.5 Å². The molecule has 1 heterocycles. The third-order valence-electron chi connectivity index (χ3n) is 1.72. The second-order valence-electron chi connectivity index (χ2n) is 2.90. The summed E-state index contributed by atoms with van der Waals surface area (Å²) >= 11 is 0. The lowest BCUT2D eigenvalue weighted by atomic mass is 10.2. The van der Waals surface area contributed by atoms with Gasteiger partial charge in [-0.25, -0.2) is 4.98 Å². The number of rotatable bonds is 3. The second kappa shape index (κ2) is 4.41. The number of aliphatic carboxylic acids is 1. The fourth-order valence-corrected chi connectivity index (χ4v) is 0.899. The van der Waals surface area contributed by atoms with Crippen LogP contribution in [0, 0.1) is 0 Å². The van der Waals surface area contributed by atoms with Crippen LogP contribution in [0.15, 0.2) is 18.3 Å². The van der Waals surface area contributed by atoms with Gasteiger partial charge >= 0.3 is 5.97 Å². The summed E-state index contributed by atoms with van der Waals surface area (Å²) in [5.74, 6) is -2.16. The van der Waals surface area contributed by atoms with Gasteiger partial charge in [0.25, 0.3) is 5.91 Å².